The number of ketones is 1. The highest BCUT2D eigenvalue weighted by atomic mass is 16.3. The van der Waals surface area contributed by atoms with Crippen LogP contribution in [0.2, 0.25) is 0 Å². The van der Waals surface area contributed by atoms with Crippen molar-refractivity contribution in [2.45, 2.75) is 44.9 Å². The summed E-state index contributed by atoms with van der Waals surface area (Å²) in [4.78, 5) is 25.3. The van der Waals surface area contributed by atoms with Gasteiger partial charge in [-0.15, -0.1) is 0 Å². The van der Waals surface area contributed by atoms with E-state index in [1.54, 1.807) is 0 Å². The summed E-state index contributed by atoms with van der Waals surface area (Å²) in [6, 6.07) is 8.14. The summed E-state index contributed by atoms with van der Waals surface area (Å²) in [6.07, 6.45) is 2.28. The Hall–Kier alpha value is -1.72. The molecular weight excluding hydrogens is 292 g/mol. The molecule has 2 aliphatic rings. The highest BCUT2D eigenvalue weighted by Crippen LogP contribution is 2.23. The van der Waals surface area contributed by atoms with Crippen molar-refractivity contribution >= 4 is 11.7 Å². The summed E-state index contributed by atoms with van der Waals surface area (Å²) in [7, 11) is 0. The summed E-state index contributed by atoms with van der Waals surface area (Å²) >= 11 is 0. The van der Waals surface area contributed by atoms with E-state index in [0.717, 1.165) is 38.0 Å². The predicted molar refractivity (Wildman–Crippen MR) is 86.5 cm³/mol. The summed E-state index contributed by atoms with van der Waals surface area (Å²) in [5.74, 6) is 0.0385. The van der Waals surface area contributed by atoms with Crippen LogP contribution in [0.3, 0.4) is 0 Å². The fourth-order valence-electron chi connectivity index (χ4n) is 3.20. The fraction of sp³-hybridized carbons (Fsp3) is 0.556. The number of benzene rings is 1. The molecule has 3 rings (SSSR count). The van der Waals surface area contributed by atoms with Crippen LogP contribution in [0.1, 0.15) is 36.8 Å². The molecule has 1 aliphatic carbocycles. The predicted octanol–water partition coefficient (Wildman–Crippen LogP) is 1.24. The van der Waals surface area contributed by atoms with Gasteiger partial charge >= 0.3 is 0 Å². The first-order valence-electron chi connectivity index (χ1n) is 8.38. The minimum absolute atomic E-state index is 0.0134. The van der Waals surface area contributed by atoms with Crippen molar-refractivity contribution in [2.75, 3.05) is 13.1 Å². The van der Waals surface area contributed by atoms with E-state index in [4.69, 9.17) is 0 Å². The summed E-state index contributed by atoms with van der Waals surface area (Å²) in [5, 5.41) is 12.6. The van der Waals surface area contributed by atoms with Crippen molar-refractivity contribution in [3.8, 4) is 0 Å². The van der Waals surface area contributed by atoms with Gasteiger partial charge < -0.3 is 10.4 Å². The summed E-state index contributed by atoms with van der Waals surface area (Å²) in [6.45, 7) is 3.18. The van der Waals surface area contributed by atoms with Crippen LogP contribution in [0, 0.1) is 5.92 Å². The number of nitrogens with zero attached hydrogens (tertiary/aromatic N) is 1. The molecule has 2 fully saturated rings. The van der Waals surface area contributed by atoms with Crippen LogP contribution in [0.15, 0.2) is 24.3 Å². The van der Waals surface area contributed by atoms with Gasteiger partial charge in [0.15, 0.2) is 0 Å². The lowest BCUT2D eigenvalue weighted by molar-refractivity contribution is -0.138. The second-order valence-corrected chi connectivity index (χ2v) is 6.64. The van der Waals surface area contributed by atoms with E-state index < -0.39 is 0 Å². The number of rotatable bonds is 5. The van der Waals surface area contributed by atoms with Gasteiger partial charge in [0.2, 0.25) is 5.91 Å². The average Bonchev–Trinajstić information content (AvgIpc) is 2.53. The highest BCUT2D eigenvalue weighted by Gasteiger charge is 2.32. The number of nitrogens with one attached hydrogen (secondary N) is 1. The van der Waals surface area contributed by atoms with Gasteiger partial charge in [-0.05, 0) is 24.0 Å². The van der Waals surface area contributed by atoms with Crippen molar-refractivity contribution in [1.82, 2.24) is 10.2 Å². The van der Waals surface area contributed by atoms with Gasteiger partial charge in [-0.1, -0.05) is 24.3 Å². The number of hydrogen-bond acceptors (Lipinski definition) is 4. The normalized spacial score (nSPS) is 20.3. The minimum Gasteiger partial charge on any atom is -0.393 e. The zero-order chi connectivity index (χ0) is 16.2. The molecule has 0 unspecified atom stereocenters. The first-order valence-corrected chi connectivity index (χ1v) is 8.38. The fourth-order valence-corrected chi connectivity index (χ4v) is 3.20. The number of hydrogen-bond donors (Lipinski definition) is 2. The molecule has 0 radical (unpaired) electrons. The molecule has 1 heterocycles. The number of Topliss-reactive ketones (excluding diaryl/α,β-unsaturated/α-hetero) is 1. The lowest BCUT2D eigenvalue weighted by Crippen LogP contribution is -2.39. The molecule has 5 nitrogen and oxygen atoms in total. The van der Waals surface area contributed by atoms with E-state index in [1.807, 2.05) is 18.2 Å². The number of aliphatic hydroxyl groups excluding tert-OH is 1. The van der Waals surface area contributed by atoms with E-state index in [9.17, 15) is 14.7 Å². The summed E-state index contributed by atoms with van der Waals surface area (Å²) in [5.41, 5.74) is 2.34. The third-order valence-electron chi connectivity index (χ3n) is 4.84. The average molecular weight is 316 g/mol. The molecule has 23 heavy (non-hydrogen) atoms. The highest BCUT2D eigenvalue weighted by molar-refractivity contribution is 5.96. The van der Waals surface area contributed by atoms with E-state index in [2.05, 4.69) is 16.3 Å². The van der Waals surface area contributed by atoms with Crippen LogP contribution in [-0.4, -0.2) is 40.9 Å². The Labute approximate surface area is 136 Å². The minimum atomic E-state index is -0.161. The van der Waals surface area contributed by atoms with E-state index in [1.165, 1.54) is 5.56 Å². The maximum absolute atomic E-state index is 12.0. The van der Waals surface area contributed by atoms with E-state index in [-0.39, 0.29) is 23.7 Å². The molecule has 1 aliphatic heterocycles. The third-order valence-corrected chi connectivity index (χ3v) is 4.84. The number of aliphatic hydroxyl groups is 1. The van der Waals surface area contributed by atoms with Gasteiger partial charge in [0.25, 0.3) is 0 Å². The van der Waals surface area contributed by atoms with Gasteiger partial charge in [-0.2, -0.15) is 0 Å². The van der Waals surface area contributed by atoms with Crippen molar-refractivity contribution in [2.24, 2.45) is 5.92 Å². The van der Waals surface area contributed by atoms with Gasteiger partial charge in [0.1, 0.15) is 5.78 Å². The molecule has 0 atom stereocenters. The van der Waals surface area contributed by atoms with Gasteiger partial charge in [0, 0.05) is 39.0 Å². The zero-order valence-electron chi connectivity index (χ0n) is 13.3. The van der Waals surface area contributed by atoms with Crippen LogP contribution in [-0.2, 0) is 22.7 Å². The van der Waals surface area contributed by atoms with E-state index >= 15 is 0 Å². The Morgan fingerprint density at radius 1 is 1.17 bits per heavy atom. The molecule has 0 bridgehead atoms. The molecule has 1 amide bonds. The zero-order valence-corrected chi connectivity index (χ0v) is 13.3. The molecule has 0 aromatic heterocycles. The summed E-state index contributed by atoms with van der Waals surface area (Å²) < 4.78 is 0. The number of piperidine rings is 1. The largest absolute Gasteiger partial charge is 0.393 e. The molecule has 0 spiro atoms. The van der Waals surface area contributed by atoms with Crippen molar-refractivity contribution < 1.29 is 14.7 Å². The maximum Gasteiger partial charge on any atom is 0.224 e. The van der Waals surface area contributed by atoms with Crippen molar-refractivity contribution in [3.63, 3.8) is 0 Å². The SMILES string of the molecule is O=C1CC(C(=O)NCc2ccccc2CN2CCC(O)CC2)C1. The van der Waals surface area contributed by atoms with Crippen molar-refractivity contribution in [1.29, 1.82) is 0 Å². The maximum atomic E-state index is 12.0. The molecule has 124 valence electrons. The lowest BCUT2D eigenvalue weighted by atomic mass is 9.83. The van der Waals surface area contributed by atoms with Crippen LogP contribution in [0.4, 0.5) is 0 Å². The molecule has 1 aromatic carbocycles. The van der Waals surface area contributed by atoms with Crippen molar-refractivity contribution in [3.05, 3.63) is 35.4 Å². The molecular formula is C18H24N2O3. The Kier molecular flexibility index (Phi) is 5.08. The second-order valence-electron chi connectivity index (χ2n) is 6.64. The first-order chi connectivity index (χ1) is 11.1. The first kappa shape index (κ1) is 16.1. The van der Waals surface area contributed by atoms with Crippen LogP contribution in [0.25, 0.3) is 0 Å². The smallest absolute Gasteiger partial charge is 0.224 e. The van der Waals surface area contributed by atoms with Crippen LogP contribution in [0.5, 0.6) is 0 Å². The van der Waals surface area contributed by atoms with Gasteiger partial charge in [0.05, 0.1) is 12.0 Å². The Morgan fingerprint density at radius 2 is 1.83 bits per heavy atom. The number of amides is 1. The van der Waals surface area contributed by atoms with Gasteiger partial charge in [-0.25, -0.2) is 0 Å². The monoisotopic (exact) mass is 316 g/mol. The molecule has 1 aromatic rings. The Balaban J connectivity index is 1.55. The molecule has 1 saturated heterocycles. The molecule has 1 saturated carbocycles. The Bertz CT molecular complexity index is 571. The van der Waals surface area contributed by atoms with Crippen LogP contribution < -0.4 is 5.32 Å². The number of likely N-dealkylation sites (tertiary alicyclic amines) is 1. The third kappa shape index (κ3) is 4.18. The quantitative estimate of drug-likeness (QED) is 0.857. The van der Waals surface area contributed by atoms with E-state index in [0.29, 0.717) is 19.4 Å². The number of carbonyl (C=O) groups is 2. The Morgan fingerprint density at radius 3 is 2.48 bits per heavy atom. The second kappa shape index (κ2) is 7.23. The molecule has 5 heteroatoms. The molecule has 2 N–H and O–H groups in total. The topological polar surface area (TPSA) is 69.6 Å². The standard InChI is InChI=1S/C18H24N2O3/c21-16-5-7-20(8-6-16)12-14-4-2-1-3-13(14)11-19-18(23)15-9-17(22)10-15/h1-4,15-16,21H,5-12H2,(H,19,23). The van der Waals surface area contributed by atoms with Crippen LogP contribution >= 0.6 is 0 Å². The lowest BCUT2D eigenvalue weighted by Gasteiger charge is -2.30. The van der Waals surface area contributed by atoms with Gasteiger partial charge in [-0.3, -0.25) is 14.5 Å². The number of carbonyl (C=O) groups excluding carboxylic acids is 2.